The van der Waals surface area contributed by atoms with E-state index in [0.717, 1.165) is 17.8 Å². The summed E-state index contributed by atoms with van der Waals surface area (Å²) in [4.78, 5) is 22.3. The molecule has 188 valence electrons. The van der Waals surface area contributed by atoms with Crippen LogP contribution in [0.2, 0.25) is 0 Å². The molecule has 3 heterocycles. The van der Waals surface area contributed by atoms with Gasteiger partial charge in [-0.2, -0.15) is 13.2 Å². The van der Waals surface area contributed by atoms with Crippen molar-refractivity contribution in [3.8, 4) is 17.5 Å². The van der Waals surface area contributed by atoms with Gasteiger partial charge >= 0.3 is 12.2 Å². The first-order chi connectivity index (χ1) is 17.2. The van der Waals surface area contributed by atoms with Crippen molar-refractivity contribution in [2.24, 2.45) is 5.92 Å². The maximum absolute atomic E-state index is 12.7. The Morgan fingerprint density at radius 1 is 1.11 bits per heavy atom. The minimum absolute atomic E-state index is 0.0764. The molecule has 1 aliphatic rings. The molecule has 3 aromatic rings. The van der Waals surface area contributed by atoms with Crippen LogP contribution in [0.25, 0.3) is 6.08 Å². The lowest BCUT2D eigenvalue weighted by Crippen LogP contribution is -2.42. The fourth-order valence-electron chi connectivity index (χ4n) is 3.84. The number of pyridine rings is 2. The average molecular weight is 499 g/mol. The molecule has 36 heavy (non-hydrogen) atoms. The Bertz CT molecular complexity index is 1230. The first-order valence-electron chi connectivity index (χ1n) is 11.3. The van der Waals surface area contributed by atoms with E-state index < -0.39 is 11.7 Å². The lowest BCUT2D eigenvalue weighted by Gasteiger charge is -2.33. The van der Waals surface area contributed by atoms with E-state index in [-0.39, 0.29) is 17.8 Å². The summed E-state index contributed by atoms with van der Waals surface area (Å²) in [5, 5.41) is 2.85. The zero-order chi connectivity index (χ0) is 25.7. The minimum Gasteiger partial charge on any atom is -0.481 e. The van der Waals surface area contributed by atoms with Gasteiger partial charge in [0.1, 0.15) is 5.75 Å². The molecule has 2 aromatic heterocycles. The number of anilines is 1. The molecule has 7 nitrogen and oxygen atoms in total. The first kappa shape index (κ1) is 25.0. The zero-order valence-corrected chi connectivity index (χ0v) is 19.7. The van der Waals surface area contributed by atoms with Gasteiger partial charge in [-0.3, -0.25) is 0 Å². The van der Waals surface area contributed by atoms with E-state index in [1.54, 1.807) is 35.4 Å². The van der Waals surface area contributed by atoms with Gasteiger partial charge in [-0.1, -0.05) is 30.7 Å². The number of hydrogen-bond acceptors (Lipinski definition) is 5. The van der Waals surface area contributed by atoms with Crippen molar-refractivity contribution < 1.29 is 27.4 Å². The number of hydrogen-bond donors (Lipinski definition) is 1. The van der Waals surface area contributed by atoms with Crippen LogP contribution >= 0.6 is 0 Å². The second-order valence-electron chi connectivity index (χ2n) is 8.39. The number of carbonyl (C=O) groups is 1. The standard InChI is InChI=1S/C26H25F3N4O3/c1-17-16-33(25(34)32-21-7-9-23(35-2)31-15-21)11-10-19(17)12-18-4-3-5-22(13-18)36-24-8-6-20(14-30-24)26(27,28)29/h3-9,12-15,17H,10-11,16H2,1-2H3,(H,32,34)/b19-12+. The summed E-state index contributed by atoms with van der Waals surface area (Å²) in [5.41, 5.74) is 1.84. The first-order valence-corrected chi connectivity index (χ1v) is 11.3. The Labute approximate surface area is 206 Å². The van der Waals surface area contributed by atoms with Crippen LogP contribution in [0.1, 0.15) is 24.5 Å². The van der Waals surface area contributed by atoms with Crippen molar-refractivity contribution in [2.75, 3.05) is 25.5 Å². The normalized spacial score (nSPS) is 17.1. The molecule has 1 aromatic carbocycles. The van der Waals surface area contributed by atoms with Crippen LogP contribution in [-0.2, 0) is 6.18 Å². The smallest absolute Gasteiger partial charge is 0.417 e. The molecule has 0 spiro atoms. The van der Waals surface area contributed by atoms with E-state index in [4.69, 9.17) is 9.47 Å². The third-order valence-electron chi connectivity index (χ3n) is 5.78. The number of carbonyl (C=O) groups excluding carboxylic acids is 1. The maximum atomic E-state index is 12.7. The number of methoxy groups -OCH3 is 1. The number of halogens is 3. The summed E-state index contributed by atoms with van der Waals surface area (Å²) in [6, 6.07) is 12.6. The summed E-state index contributed by atoms with van der Waals surface area (Å²) in [6.07, 6.45) is 0.613. The number of amides is 2. The van der Waals surface area contributed by atoms with Gasteiger partial charge in [-0.15, -0.1) is 0 Å². The number of rotatable bonds is 5. The van der Waals surface area contributed by atoms with Crippen molar-refractivity contribution in [3.63, 3.8) is 0 Å². The SMILES string of the molecule is COc1ccc(NC(=O)N2CC/C(=C\c3cccc(Oc4ccc(C(F)(F)F)cn4)c3)C(C)C2)cn1. The lowest BCUT2D eigenvalue weighted by molar-refractivity contribution is -0.137. The number of likely N-dealkylation sites (tertiary alicyclic amines) is 1. The summed E-state index contributed by atoms with van der Waals surface area (Å²) >= 11 is 0. The topological polar surface area (TPSA) is 76.6 Å². The van der Waals surface area contributed by atoms with Gasteiger partial charge < -0.3 is 19.7 Å². The molecule has 1 atom stereocenters. The average Bonchev–Trinajstić information content (AvgIpc) is 2.86. The van der Waals surface area contributed by atoms with Crippen LogP contribution in [0.4, 0.5) is 23.7 Å². The Balaban J connectivity index is 1.37. The monoisotopic (exact) mass is 498 g/mol. The van der Waals surface area contributed by atoms with Gasteiger partial charge in [0.15, 0.2) is 0 Å². The molecular weight excluding hydrogens is 473 g/mol. The second kappa shape index (κ2) is 10.7. The Hall–Kier alpha value is -4.08. The highest BCUT2D eigenvalue weighted by molar-refractivity contribution is 5.89. The number of nitrogens with zero attached hydrogens (tertiary/aromatic N) is 3. The third-order valence-corrected chi connectivity index (χ3v) is 5.78. The van der Waals surface area contributed by atoms with Gasteiger partial charge in [0, 0.05) is 31.4 Å². The molecule has 0 aliphatic carbocycles. The van der Waals surface area contributed by atoms with E-state index >= 15 is 0 Å². The number of urea groups is 1. The van der Waals surface area contributed by atoms with Crippen molar-refractivity contribution in [1.29, 1.82) is 0 Å². The molecule has 2 amide bonds. The number of ether oxygens (including phenoxy) is 2. The van der Waals surface area contributed by atoms with Crippen molar-refractivity contribution in [1.82, 2.24) is 14.9 Å². The second-order valence-corrected chi connectivity index (χ2v) is 8.39. The number of aromatic nitrogens is 2. The Kier molecular flexibility index (Phi) is 7.42. The zero-order valence-electron chi connectivity index (χ0n) is 19.7. The summed E-state index contributed by atoms with van der Waals surface area (Å²) < 4.78 is 48.8. The molecule has 10 heteroatoms. The lowest BCUT2D eigenvalue weighted by atomic mass is 9.91. The summed E-state index contributed by atoms with van der Waals surface area (Å²) in [6.45, 7) is 3.19. The van der Waals surface area contributed by atoms with Gasteiger partial charge in [-0.25, -0.2) is 14.8 Å². The predicted molar refractivity (Wildman–Crippen MR) is 129 cm³/mol. The highest BCUT2D eigenvalue weighted by atomic mass is 19.4. The predicted octanol–water partition coefficient (Wildman–Crippen LogP) is 6.25. The summed E-state index contributed by atoms with van der Waals surface area (Å²) in [7, 11) is 1.53. The number of nitrogens with one attached hydrogen (secondary N) is 1. The van der Waals surface area contributed by atoms with Gasteiger partial charge in [0.05, 0.1) is 24.6 Å². The van der Waals surface area contributed by atoms with Crippen molar-refractivity contribution in [2.45, 2.75) is 19.5 Å². The number of alkyl halides is 3. The van der Waals surface area contributed by atoms with Crippen LogP contribution in [0, 0.1) is 5.92 Å². The van der Waals surface area contributed by atoms with E-state index in [9.17, 15) is 18.0 Å². The Morgan fingerprint density at radius 2 is 1.89 bits per heavy atom. The highest BCUT2D eigenvalue weighted by Gasteiger charge is 2.30. The fourth-order valence-corrected chi connectivity index (χ4v) is 3.84. The minimum atomic E-state index is -4.45. The van der Waals surface area contributed by atoms with Crippen LogP contribution in [0.3, 0.4) is 0 Å². The van der Waals surface area contributed by atoms with Gasteiger partial charge in [0.2, 0.25) is 11.8 Å². The molecule has 1 N–H and O–H groups in total. The van der Waals surface area contributed by atoms with Crippen LogP contribution < -0.4 is 14.8 Å². The summed E-state index contributed by atoms with van der Waals surface area (Å²) in [5.74, 6) is 1.15. The number of benzene rings is 1. The van der Waals surface area contributed by atoms with E-state index in [1.165, 1.54) is 18.7 Å². The molecule has 0 radical (unpaired) electrons. The van der Waals surface area contributed by atoms with Crippen LogP contribution in [0.15, 0.2) is 66.5 Å². The molecule has 1 unspecified atom stereocenters. The third kappa shape index (κ3) is 6.32. The quantitative estimate of drug-likeness (QED) is 0.450. The molecular formula is C26H25F3N4O3. The maximum Gasteiger partial charge on any atom is 0.417 e. The largest absolute Gasteiger partial charge is 0.481 e. The van der Waals surface area contributed by atoms with E-state index in [0.29, 0.717) is 36.8 Å². The molecule has 1 aliphatic heterocycles. The highest BCUT2D eigenvalue weighted by Crippen LogP contribution is 2.31. The molecule has 4 rings (SSSR count). The molecule has 1 fully saturated rings. The van der Waals surface area contributed by atoms with E-state index in [1.807, 2.05) is 12.1 Å². The van der Waals surface area contributed by atoms with Crippen LogP contribution in [-0.4, -0.2) is 41.1 Å². The Morgan fingerprint density at radius 3 is 2.53 bits per heavy atom. The molecule has 1 saturated heterocycles. The van der Waals surface area contributed by atoms with Crippen LogP contribution in [0.5, 0.6) is 17.5 Å². The molecule has 0 saturated carbocycles. The molecule has 0 bridgehead atoms. The fraction of sp³-hybridized carbons (Fsp3) is 0.269. The van der Waals surface area contributed by atoms with Crippen molar-refractivity contribution >= 4 is 17.8 Å². The number of piperidine rings is 1. The van der Waals surface area contributed by atoms with Gasteiger partial charge in [-0.05, 0) is 42.2 Å². The van der Waals surface area contributed by atoms with E-state index in [2.05, 4.69) is 28.3 Å². The van der Waals surface area contributed by atoms with Crippen molar-refractivity contribution in [3.05, 3.63) is 77.6 Å². The van der Waals surface area contributed by atoms with Gasteiger partial charge in [0.25, 0.3) is 0 Å².